The van der Waals surface area contributed by atoms with Gasteiger partial charge in [-0.3, -0.25) is 0 Å². The van der Waals surface area contributed by atoms with Gasteiger partial charge in [-0.05, 0) is 38.3 Å². The molecule has 0 amide bonds. The van der Waals surface area contributed by atoms with E-state index in [0.717, 1.165) is 11.4 Å². The lowest BCUT2D eigenvalue weighted by molar-refractivity contribution is 0.305. The molecule has 3 nitrogen and oxygen atoms in total. The van der Waals surface area contributed by atoms with Crippen LogP contribution in [-0.2, 0) is 0 Å². The SMILES string of the molecule is CC1(Nc2ncccc2C(N)=S)CCC1. The van der Waals surface area contributed by atoms with E-state index in [1.165, 1.54) is 19.3 Å². The zero-order valence-corrected chi connectivity index (χ0v) is 9.60. The molecular weight excluding hydrogens is 206 g/mol. The second-order valence-corrected chi connectivity index (χ2v) is 4.74. The Labute approximate surface area is 95.1 Å². The Balaban J connectivity index is 2.23. The van der Waals surface area contributed by atoms with Crippen LogP contribution in [0.15, 0.2) is 18.3 Å². The molecule has 0 spiro atoms. The van der Waals surface area contributed by atoms with Crippen LogP contribution < -0.4 is 11.1 Å². The van der Waals surface area contributed by atoms with Crippen LogP contribution in [0.25, 0.3) is 0 Å². The zero-order chi connectivity index (χ0) is 10.9. The van der Waals surface area contributed by atoms with Gasteiger partial charge in [-0.15, -0.1) is 0 Å². The summed E-state index contributed by atoms with van der Waals surface area (Å²) in [7, 11) is 0. The van der Waals surface area contributed by atoms with Gasteiger partial charge in [0.05, 0.1) is 5.56 Å². The Kier molecular flexibility index (Phi) is 2.61. The van der Waals surface area contributed by atoms with Crippen LogP contribution in [0.3, 0.4) is 0 Å². The first kappa shape index (κ1) is 10.4. The van der Waals surface area contributed by atoms with Crippen molar-refractivity contribution in [3.63, 3.8) is 0 Å². The van der Waals surface area contributed by atoms with E-state index in [1.807, 2.05) is 12.1 Å². The van der Waals surface area contributed by atoms with Crippen LogP contribution >= 0.6 is 12.2 Å². The van der Waals surface area contributed by atoms with Gasteiger partial charge in [0.2, 0.25) is 0 Å². The molecule has 1 aromatic heterocycles. The summed E-state index contributed by atoms with van der Waals surface area (Å²) >= 11 is 4.99. The van der Waals surface area contributed by atoms with Crippen molar-refractivity contribution in [1.82, 2.24) is 4.98 Å². The molecule has 1 aliphatic carbocycles. The van der Waals surface area contributed by atoms with Gasteiger partial charge in [0.25, 0.3) is 0 Å². The topological polar surface area (TPSA) is 50.9 Å². The molecule has 1 aromatic rings. The standard InChI is InChI=1S/C11H15N3S/c1-11(5-3-6-11)14-10-8(9(12)15)4-2-7-13-10/h2,4,7H,3,5-6H2,1H3,(H2,12,15)(H,13,14). The lowest BCUT2D eigenvalue weighted by Gasteiger charge is -2.40. The molecule has 0 unspecified atom stereocenters. The highest BCUT2D eigenvalue weighted by Crippen LogP contribution is 2.34. The molecular formula is C11H15N3S. The Morgan fingerprint density at radius 3 is 2.87 bits per heavy atom. The van der Waals surface area contributed by atoms with Crippen molar-refractivity contribution in [2.45, 2.75) is 31.7 Å². The van der Waals surface area contributed by atoms with Crippen LogP contribution in [0.2, 0.25) is 0 Å². The number of thiocarbonyl (C=S) groups is 1. The summed E-state index contributed by atoms with van der Waals surface area (Å²) in [5.74, 6) is 0.812. The predicted molar refractivity (Wildman–Crippen MR) is 66.0 cm³/mol. The molecule has 1 aliphatic rings. The maximum atomic E-state index is 5.64. The number of hydrogen-bond acceptors (Lipinski definition) is 3. The van der Waals surface area contributed by atoms with Crippen molar-refractivity contribution < 1.29 is 0 Å². The number of pyridine rings is 1. The number of nitrogens with two attached hydrogens (primary N) is 1. The third-order valence-corrected chi connectivity index (χ3v) is 3.17. The number of nitrogens with zero attached hydrogens (tertiary/aromatic N) is 1. The molecule has 1 fully saturated rings. The van der Waals surface area contributed by atoms with Gasteiger partial charge in [0, 0.05) is 11.7 Å². The average molecular weight is 221 g/mol. The molecule has 0 bridgehead atoms. The molecule has 0 atom stereocenters. The molecule has 0 aliphatic heterocycles. The van der Waals surface area contributed by atoms with Crippen LogP contribution in [0.4, 0.5) is 5.82 Å². The van der Waals surface area contributed by atoms with Crippen molar-refractivity contribution in [1.29, 1.82) is 0 Å². The average Bonchev–Trinajstić information content (AvgIpc) is 2.16. The van der Waals surface area contributed by atoms with Crippen LogP contribution in [0, 0.1) is 0 Å². The maximum Gasteiger partial charge on any atom is 0.136 e. The van der Waals surface area contributed by atoms with Gasteiger partial charge in [-0.25, -0.2) is 4.98 Å². The minimum atomic E-state index is 0.174. The molecule has 4 heteroatoms. The molecule has 0 radical (unpaired) electrons. The first-order chi connectivity index (χ1) is 7.11. The monoisotopic (exact) mass is 221 g/mol. The van der Waals surface area contributed by atoms with E-state index < -0.39 is 0 Å². The molecule has 80 valence electrons. The van der Waals surface area contributed by atoms with E-state index in [4.69, 9.17) is 18.0 Å². The molecule has 0 saturated heterocycles. The molecule has 3 N–H and O–H groups in total. The molecule has 0 aromatic carbocycles. The van der Waals surface area contributed by atoms with Crippen molar-refractivity contribution in [3.05, 3.63) is 23.9 Å². The fourth-order valence-corrected chi connectivity index (χ4v) is 1.99. The van der Waals surface area contributed by atoms with Crippen molar-refractivity contribution in [3.8, 4) is 0 Å². The summed E-state index contributed by atoms with van der Waals surface area (Å²) in [5, 5.41) is 3.43. The first-order valence-corrected chi connectivity index (χ1v) is 5.55. The van der Waals surface area contributed by atoms with E-state index in [2.05, 4.69) is 17.2 Å². The van der Waals surface area contributed by atoms with E-state index in [0.29, 0.717) is 4.99 Å². The molecule has 1 heterocycles. The van der Waals surface area contributed by atoms with Crippen molar-refractivity contribution in [2.75, 3.05) is 5.32 Å². The summed E-state index contributed by atoms with van der Waals surface area (Å²) in [6.07, 6.45) is 5.39. The van der Waals surface area contributed by atoms with Crippen LogP contribution in [-0.4, -0.2) is 15.5 Å². The second-order valence-electron chi connectivity index (χ2n) is 4.30. The van der Waals surface area contributed by atoms with Crippen molar-refractivity contribution in [2.24, 2.45) is 5.73 Å². The predicted octanol–water partition coefficient (Wildman–Crippen LogP) is 2.07. The number of rotatable bonds is 3. The second kappa shape index (κ2) is 3.77. The Hall–Kier alpha value is -1.16. The lowest BCUT2D eigenvalue weighted by atomic mass is 9.78. The van der Waals surface area contributed by atoms with E-state index in [9.17, 15) is 0 Å². The third kappa shape index (κ3) is 2.09. The quantitative estimate of drug-likeness (QED) is 0.767. The maximum absolute atomic E-state index is 5.64. The van der Waals surface area contributed by atoms with E-state index in [1.54, 1.807) is 6.20 Å². The summed E-state index contributed by atoms with van der Waals surface area (Å²) in [6.45, 7) is 2.20. The van der Waals surface area contributed by atoms with Gasteiger partial charge < -0.3 is 11.1 Å². The summed E-state index contributed by atoms with van der Waals surface area (Å²) in [5.41, 5.74) is 6.65. The van der Waals surface area contributed by atoms with Gasteiger partial charge >= 0.3 is 0 Å². The van der Waals surface area contributed by atoms with Crippen LogP contribution in [0.5, 0.6) is 0 Å². The third-order valence-electron chi connectivity index (χ3n) is 2.95. The highest BCUT2D eigenvalue weighted by molar-refractivity contribution is 7.80. The Morgan fingerprint density at radius 2 is 2.33 bits per heavy atom. The number of nitrogens with one attached hydrogen (secondary N) is 1. The number of hydrogen-bond donors (Lipinski definition) is 2. The smallest absolute Gasteiger partial charge is 0.136 e. The summed E-state index contributed by atoms with van der Waals surface area (Å²) in [6, 6.07) is 3.75. The summed E-state index contributed by atoms with van der Waals surface area (Å²) < 4.78 is 0. The Morgan fingerprint density at radius 1 is 1.60 bits per heavy atom. The highest BCUT2D eigenvalue weighted by atomic mass is 32.1. The van der Waals surface area contributed by atoms with E-state index >= 15 is 0 Å². The van der Waals surface area contributed by atoms with E-state index in [-0.39, 0.29) is 5.54 Å². The minimum Gasteiger partial charge on any atom is -0.389 e. The van der Waals surface area contributed by atoms with Gasteiger partial charge in [-0.1, -0.05) is 12.2 Å². The normalized spacial score (nSPS) is 17.9. The Bertz CT molecular complexity index is 385. The van der Waals surface area contributed by atoms with Crippen LogP contribution in [0.1, 0.15) is 31.7 Å². The van der Waals surface area contributed by atoms with Crippen molar-refractivity contribution >= 4 is 23.0 Å². The summed E-state index contributed by atoms with van der Waals surface area (Å²) in [4.78, 5) is 4.69. The number of anilines is 1. The highest BCUT2D eigenvalue weighted by Gasteiger charge is 2.32. The first-order valence-electron chi connectivity index (χ1n) is 5.14. The number of aromatic nitrogens is 1. The molecule has 2 rings (SSSR count). The fourth-order valence-electron chi connectivity index (χ4n) is 1.82. The lowest BCUT2D eigenvalue weighted by Crippen LogP contribution is -2.42. The zero-order valence-electron chi connectivity index (χ0n) is 8.79. The van der Waals surface area contributed by atoms with Gasteiger partial charge in [0.1, 0.15) is 10.8 Å². The fraction of sp³-hybridized carbons (Fsp3) is 0.455. The van der Waals surface area contributed by atoms with Gasteiger partial charge in [-0.2, -0.15) is 0 Å². The molecule has 1 saturated carbocycles. The minimum absolute atomic E-state index is 0.174. The van der Waals surface area contributed by atoms with Gasteiger partial charge in [0.15, 0.2) is 0 Å². The molecule has 15 heavy (non-hydrogen) atoms. The largest absolute Gasteiger partial charge is 0.389 e.